The number of ether oxygens (including phenoxy) is 3. The summed E-state index contributed by atoms with van der Waals surface area (Å²) in [5.74, 6) is -3.08. The van der Waals surface area contributed by atoms with Crippen LogP contribution in [0.3, 0.4) is 0 Å². The van der Waals surface area contributed by atoms with Crippen molar-refractivity contribution in [1.82, 2.24) is 5.32 Å². The number of benzene rings is 2. The van der Waals surface area contributed by atoms with E-state index in [-0.39, 0.29) is 12.2 Å². The molecule has 0 aliphatic carbocycles. The van der Waals surface area contributed by atoms with Crippen molar-refractivity contribution < 1.29 is 28.6 Å². The summed E-state index contributed by atoms with van der Waals surface area (Å²) in [6.45, 7) is 0.269. The van der Waals surface area contributed by atoms with Crippen LogP contribution in [0.15, 0.2) is 59.1 Å². The van der Waals surface area contributed by atoms with E-state index < -0.39 is 29.7 Å². The maximum Gasteiger partial charge on any atom is 0.337 e. The van der Waals surface area contributed by atoms with E-state index in [2.05, 4.69) is 11.4 Å². The first kappa shape index (κ1) is 25.1. The molecule has 2 aromatic carbocycles. The Morgan fingerprint density at radius 2 is 1.82 bits per heavy atom. The SMILES string of the molecule is COC(=O)c1ccc([C@H]2C(C#N)=C(SCCOc3ccccc3Cl)NC(=O)[C@H]2C(=O)OC)cc1. The van der Waals surface area contributed by atoms with Crippen molar-refractivity contribution in [2.75, 3.05) is 26.6 Å². The van der Waals surface area contributed by atoms with Crippen molar-refractivity contribution in [3.8, 4) is 11.8 Å². The molecule has 0 spiro atoms. The monoisotopic (exact) mass is 500 g/mol. The fourth-order valence-electron chi connectivity index (χ4n) is 3.48. The Morgan fingerprint density at radius 3 is 2.44 bits per heavy atom. The van der Waals surface area contributed by atoms with Crippen molar-refractivity contribution in [3.05, 3.63) is 75.3 Å². The highest BCUT2D eigenvalue weighted by molar-refractivity contribution is 8.03. The van der Waals surface area contributed by atoms with E-state index in [4.69, 9.17) is 25.8 Å². The van der Waals surface area contributed by atoms with Gasteiger partial charge in [-0.1, -0.05) is 35.9 Å². The fraction of sp³-hybridized carbons (Fsp3) is 0.250. The van der Waals surface area contributed by atoms with Crippen LogP contribution >= 0.6 is 23.4 Å². The van der Waals surface area contributed by atoms with Crippen LogP contribution in [0.4, 0.5) is 0 Å². The zero-order valence-electron chi connectivity index (χ0n) is 18.4. The number of para-hydroxylation sites is 1. The molecule has 1 aliphatic rings. The van der Waals surface area contributed by atoms with Gasteiger partial charge in [0, 0.05) is 11.7 Å². The molecule has 0 fully saturated rings. The molecule has 2 aromatic rings. The summed E-state index contributed by atoms with van der Waals surface area (Å²) in [6.07, 6.45) is 0. The summed E-state index contributed by atoms with van der Waals surface area (Å²) in [7, 11) is 2.45. The van der Waals surface area contributed by atoms with Crippen LogP contribution in [-0.4, -0.2) is 44.4 Å². The summed E-state index contributed by atoms with van der Waals surface area (Å²) in [6, 6.07) is 15.4. The summed E-state index contributed by atoms with van der Waals surface area (Å²) in [5, 5.41) is 13.4. The first-order valence-electron chi connectivity index (χ1n) is 10.1. The Labute approximate surface area is 205 Å². The summed E-state index contributed by atoms with van der Waals surface area (Å²) in [5.41, 5.74) is 1.03. The van der Waals surface area contributed by atoms with Crippen molar-refractivity contribution in [2.24, 2.45) is 5.92 Å². The maximum atomic E-state index is 12.9. The molecule has 1 amide bonds. The van der Waals surface area contributed by atoms with E-state index >= 15 is 0 Å². The topological polar surface area (TPSA) is 115 Å². The number of halogens is 1. The zero-order chi connectivity index (χ0) is 24.7. The molecule has 0 bridgehead atoms. The van der Waals surface area contributed by atoms with Crippen LogP contribution in [0.2, 0.25) is 5.02 Å². The Bertz CT molecular complexity index is 1160. The number of nitrogens with zero attached hydrogens (tertiary/aromatic N) is 1. The van der Waals surface area contributed by atoms with Crippen LogP contribution in [0.1, 0.15) is 21.8 Å². The number of carbonyl (C=O) groups is 3. The van der Waals surface area contributed by atoms with E-state index in [1.165, 1.54) is 38.1 Å². The standard InChI is InChI=1S/C24H21ClN2O6S/c1-31-23(29)15-9-7-14(8-10-15)19-16(13-26)22(27-21(28)20(19)24(30)32-2)34-12-11-33-18-6-4-3-5-17(18)25/h3-10,19-20H,11-12H2,1-2H3,(H,27,28)/t19-,20-/m0/s1. The largest absolute Gasteiger partial charge is 0.491 e. The van der Waals surface area contributed by atoms with Crippen molar-refractivity contribution in [3.63, 3.8) is 0 Å². The van der Waals surface area contributed by atoms with Gasteiger partial charge < -0.3 is 19.5 Å². The summed E-state index contributed by atoms with van der Waals surface area (Å²) < 4.78 is 15.2. The Morgan fingerprint density at radius 1 is 1.12 bits per heavy atom. The molecule has 2 atom stereocenters. The average molecular weight is 501 g/mol. The molecule has 176 valence electrons. The fourth-order valence-corrected chi connectivity index (χ4v) is 4.54. The second kappa shape index (κ2) is 11.6. The minimum atomic E-state index is -1.26. The molecular formula is C24H21ClN2O6S. The summed E-state index contributed by atoms with van der Waals surface area (Å²) in [4.78, 5) is 37.1. The van der Waals surface area contributed by atoms with E-state index in [9.17, 15) is 19.6 Å². The Hall–Kier alpha value is -3.48. The Balaban J connectivity index is 1.87. The lowest BCUT2D eigenvalue weighted by atomic mass is 9.78. The van der Waals surface area contributed by atoms with Gasteiger partial charge in [0.1, 0.15) is 11.7 Å². The quantitative estimate of drug-likeness (QED) is 0.331. The third-order valence-corrected chi connectivity index (χ3v) is 6.39. The number of methoxy groups -OCH3 is 2. The normalized spacial score (nSPS) is 17.4. The molecule has 8 nitrogen and oxygen atoms in total. The third kappa shape index (κ3) is 5.53. The van der Waals surface area contributed by atoms with Gasteiger partial charge in [-0.05, 0) is 29.8 Å². The first-order chi connectivity index (χ1) is 16.4. The number of hydrogen-bond donors (Lipinski definition) is 1. The number of thioether (sulfide) groups is 1. The number of rotatable bonds is 8. The number of esters is 2. The van der Waals surface area contributed by atoms with Gasteiger partial charge in [-0.2, -0.15) is 5.26 Å². The molecular weight excluding hydrogens is 480 g/mol. The molecule has 3 rings (SSSR count). The average Bonchev–Trinajstić information content (AvgIpc) is 2.86. The van der Waals surface area contributed by atoms with Gasteiger partial charge in [0.15, 0.2) is 0 Å². The summed E-state index contributed by atoms with van der Waals surface area (Å²) >= 11 is 7.31. The van der Waals surface area contributed by atoms with Crippen LogP contribution in [0.5, 0.6) is 5.75 Å². The number of nitrogens with one attached hydrogen (secondary N) is 1. The number of hydrogen-bond acceptors (Lipinski definition) is 8. The van der Waals surface area contributed by atoms with Crippen LogP contribution in [-0.2, 0) is 19.1 Å². The van der Waals surface area contributed by atoms with E-state index in [1.54, 1.807) is 36.4 Å². The van der Waals surface area contributed by atoms with Gasteiger partial charge >= 0.3 is 11.9 Å². The molecule has 0 unspecified atom stereocenters. The molecule has 1 N–H and O–H groups in total. The maximum absolute atomic E-state index is 12.9. The van der Waals surface area contributed by atoms with Gasteiger partial charge in [-0.15, -0.1) is 11.8 Å². The van der Waals surface area contributed by atoms with Crippen molar-refractivity contribution >= 4 is 41.2 Å². The number of allylic oxidation sites excluding steroid dienone is 1. The van der Waals surface area contributed by atoms with E-state index in [0.29, 0.717) is 32.7 Å². The lowest BCUT2D eigenvalue weighted by molar-refractivity contribution is -0.150. The number of amides is 1. The molecule has 1 heterocycles. The van der Waals surface area contributed by atoms with Gasteiger partial charge in [-0.3, -0.25) is 9.59 Å². The Kier molecular flexibility index (Phi) is 8.57. The first-order valence-corrected chi connectivity index (χ1v) is 11.5. The van der Waals surface area contributed by atoms with E-state index in [1.807, 2.05) is 0 Å². The molecule has 0 saturated carbocycles. The van der Waals surface area contributed by atoms with Crippen LogP contribution < -0.4 is 10.1 Å². The van der Waals surface area contributed by atoms with Crippen molar-refractivity contribution in [2.45, 2.75) is 5.92 Å². The second-order valence-electron chi connectivity index (χ2n) is 7.06. The van der Waals surface area contributed by atoms with Gasteiger partial charge in [0.05, 0.1) is 48.1 Å². The lowest BCUT2D eigenvalue weighted by Crippen LogP contribution is -2.44. The van der Waals surface area contributed by atoms with Crippen molar-refractivity contribution in [1.29, 1.82) is 5.26 Å². The highest BCUT2D eigenvalue weighted by Crippen LogP contribution is 2.40. The molecule has 0 radical (unpaired) electrons. The molecule has 0 saturated heterocycles. The molecule has 34 heavy (non-hydrogen) atoms. The van der Waals surface area contributed by atoms with Gasteiger partial charge in [0.25, 0.3) is 0 Å². The van der Waals surface area contributed by atoms with Crippen LogP contribution in [0, 0.1) is 17.2 Å². The molecule has 1 aliphatic heterocycles. The number of carbonyl (C=O) groups excluding carboxylic acids is 3. The minimum Gasteiger partial charge on any atom is -0.491 e. The highest BCUT2D eigenvalue weighted by atomic mass is 35.5. The minimum absolute atomic E-state index is 0.212. The molecule has 0 aromatic heterocycles. The molecule has 10 heteroatoms. The zero-order valence-corrected chi connectivity index (χ0v) is 19.9. The third-order valence-electron chi connectivity index (χ3n) is 5.10. The smallest absolute Gasteiger partial charge is 0.337 e. The van der Waals surface area contributed by atoms with Gasteiger partial charge in [0.2, 0.25) is 5.91 Å². The predicted molar refractivity (Wildman–Crippen MR) is 126 cm³/mol. The lowest BCUT2D eigenvalue weighted by Gasteiger charge is -2.31. The second-order valence-corrected chi connectivity index (χ2v) is 8.58. The van der Waals surface area contributed by atoms with E-state index in [0.717, 1.165) is 0 Å². The number of nitriles is 1. The van der Waals surface area contributed by atoms with Crippen LogP contribution in [0.25, 0.3) is 0 Å². The predicted octanol–water partition coefficient (Wildman–Crippen LogP) is 3.68. The highest BCUT2D eigenvalue weighted by Gasteiger charge is 2.44. The van der Waals surface area contributed by atoms with Gasteiger partial charge in [-0.25, -0.2) is 4.79 Å².